The lowest BCUT2D eigenvalue weighted by Crippen LogP contribution is -2.24. The summed E-state index contributed by atoms with van der Waals surface area (Å²) in [5.74, 6) is -2.39. The Labute approximate surface area is 161 Å². The van der Waals surface area contributed by atoms with Gasteiger partial charge in [0, 0.05) is 24.5 Å². The van der Waals surface area contributed by atoms with E-state index in [1.165, 1.54) is 18.0 Å². The lowest BCUT2D eigenvalue weighted by molar-refractivity contribution is -0.150. The highest BCUT2D eigenvalue weighted by Gasteiger charge is 2.23. The van der Waals surface area contributed by atoms with Crippen molar-refractivity contribution in [3.63, 3.8) is 0 Å². The lowest BCUT2D eigenvalue weighted by Gasteiger charge is -2.15. The second-order valence-corrected chi connectivity index (χ2v) is 6.48. The van der Waals surface area contributed by atoms with Gasteiger partial charge in [0.1, 0.15) is 17.7 Å². The fourth-order valence-electron chi connectivity index (χ4n) is 2.96. The number of hydrazone groups is 1. The second-order valence-electron chi connectivity index (χ2n) is 6.48. The Hall–Kier alpha value is -3.09. The van der Waals surface area contributed by atoms with Gasteiger partial charge in [0.25, 0.3) is 0 Å². The molecule has 2 aromatic carbocycles. The van der Waals surface area contributed by atoms with Crippen LogP contribution in [0, 0.1) is 11.6 Å². The first kappa shape index (κ1) is 19.7. The molecular formula is C21H20F2N2O3. The highest BCUT2D eigenvalue weighted by Crippen LogP contribution is 2.22. The number of amides is 1. The predicted octanol–water partition coefficient (Wildman–Crippen LogP) is 3.99. The van der Waals surface area contributed by atoms with Crippen molar-refractivity contribution in [2.75, 3.05) is 6.54 Å². The molecule has 0 saturated carbocycles. The number of nitrogens with zero attached hydrogens (tertiary/aromatic N) is 2. The van der Waals surface area contributed by atoms with Crippen molar-refractivity contribution in [2.45, 2.75) is 32.3 Å². The van der Waals surface area contributed by atoms with Gasteiger partial charge in [-0.1, -0.05) is 30.3 Å². The van der Waals surface area contributed by atoms with Crippen molar-refractivity contribution >= 4 is 17.6 Å². The molecule has 28 heavy (non-hydrogen) atoms. The van der Waals surface area contributed by atoms with Gasteiger partial charge in [-0.15, -0.1) is 0 Å². The molecule has 2 aromatic rings. The van der Waals surface area contributed by atoms with Gasteiger partial charge in [-0.05, 0) is 24.6 Å². The molecule has 7 heteroatoms. The molecule has 1 heterocycles. The number of hydrogen-bond donors (Lipinski definition) is 0. The molecule has 0 N–H and O–H groups in total. The molecular weight excluding hydrogens is 366 g/mol. The van der Waals surface area contributed by atoms with Crippen LogP contribution in [0.4, 0.5) is 8.78 Å². The van der Waals surface area contributed by atoms with E-state index in [4.69, 9.17) is 4.74 Å². The molecule has 1 atom stereocenters. The van der Waals surface area contributed by atoms with Crippen molar-refractivity contribution in [1.29, 1.82) is 0 Å². The topological polar surface area (TPSA) is 59.0 Å². The fraction of sp³-hybridized carbons (Fsp3) is 0.286. The van der Waals surface area contributed by atoms with Gasteiger partial charge < -0.3 is 4.74 Å². The minimum atomic E-state index is -0.877. The highest BCUT2D eigenvalue weighted by atomic mass is 19.1. The molecule has 0 fully saturated rings. The van der Waals surface area contributed by atoms with Crippen LogP contribution in [-0.2, 0) is 14.3 Å². The molecule has 1 unspecified atom stereocenters. The van der Waals surface area contributed by atoms with Gasteiger partial charge in [0.05, 0.1) is 18.7 Å². The number of esters is 1. The fourth-order valence-corrected chi connectivity index (χ4v) is 2.96. The van der Waals surface area contributed by atoms with E-state index in [-0.39, 0.29) is 24.3 Å². The first-order valence-corrected chi connectivity index (χ1v) is 9.01. The summed E-state index contributed by atoms with van der Waals surface area (Å²) in [7, 11) is 0. The van der Waals surface area contributed by atoms with Crippen molar-refractivity contribution in [1.82, 2.24) is 5.01 Å². The first-order valence-electron chi connectivity index (χ1n) is 9.01. The Balaban J connectivity index is 1.50. The third-order valence-corrected chi connectivity index (χ3v) is 4.45. The van der Waals surface area contributed by atoms with Crippen molar-refractivity contribution in [3.8, 4) is 0 Å². The van der Waals surface area contributed by atoms with Crippen LogP contribution in [0.25, 0.3) is 0 Å². The molecule has 1 aliphatic heterocycles. The van der Waals surface area contributed by atoms with Crippen LogP contribution in [0.3, 0.4) is 0 Å². The average Bonchev–Trinajstić information content (AvgIpc) is 3.17. The van der Waals surface area contributed by atoms with Gasteiger partial charge in [-0.3, -0.25) is 9.59 Å². The van der Waals surface area contributed by atoms with E-state index in [9.17, 15) is 18.4 Å². The summed E-state index contributed by atoms with van der Waals surface area (Å²) in [5, 5.41) is 5.69. The van der Waals surface area contributed by atoms with Gasteiger partial charge >= 0.3 is 5.97 Å². The van der Waals surface area contributed by atoms with Crippen LogP contribution in [0.5, 0.6) is 0 Å². The monoisotopic (exact) mass is 386 g/mol. The number of carbonyl (C=O) groups excluding carboxylic acids is 2. The molecule has 0 saturated heterocycles. The third kappa shape index (κ3) is 4.79. The Bertz CT molecular complexity index is 900. The van der Waals surface area contributed by atoms with Crippen molar-refractivity contribution in [3.05, 3.63) is 71.3 Å². The summed E-state index contributed by atoms with van der Waals surface area (Å²) < 4.78 is 31.9. The Morgan fingerprint density at radius 3 is 2.61 bits per heavy atom. The van der Waals surface area contributed by atoms with E-state index < -0.39 is 23.7 Å². The molecule has 3 rings (SSSR count). The van der Waals surface area contributed by atoms with Crippen LogP contribution >= 0.6 is 0 Å². The molecule has 0 aliphatic carbocycles. The molecule has 5 nitrogen and oxygen atoms in total. The smallest absolute Gasteiger partial charge is 0.306 e. The highest BCUT2D eigenvalue weighted by molar-refractivity contribution is 6.02. The third-order valence-electron chi connectivity index (χ3n) is 4.45. The van der Waals surface area contributed by atoms with Gasteiger partial charge in [0.2, 0.25) is 5.91 Å². The quantitative estimate of drug-likeness (QED) is 0.706. The maximum absolute atomic E-state index is 13.7. The van der Waals surface area contributed by atoms with Crippen molar-refractivity contribution in [2.24, 2.45) is 5.10 Å². The molecule has 0 spiro atoms. The number of halogens is 2. The van der Waals surface area contributed by atoms with Crippen LogP contribution in [0.2, 0.25) is 0 Å². The number of benzene rings is 2. The Kier molecular flexibility index (Phi) is 6.13. The van der Waals surface area contributed by atoms with Crippen LogP contribution < -0.4 is 0 Å². The summed E-state index contributed by atoms with van der Waals surface area (Å²) in [4.78, 5) is 24.3. The van der Waals surface area contributed by atoms with E-state index in [0.717, 1.165) is 23.4 Å². The molecule has 1 amide bonds. The minimum Gasteiger partial charge on any atom is -0.458 e. The number of rotatable bonds is 6. The van der Waals surface area contributed by atoms with E-state index >= 15 is 0 Å². The maximum atomic E-state index is 13.7. The molecule has 146 valence electrons. The first-order chi connectivity index (χ1) is 13.4. The van der Waals surface area contributed by atoms with Gasteiger partial charge in [-0.25, -0.2) is 13.8 Å². The summed E-state index contributed by atoms with van der Waals surface area (Å²) >= 11 is 0. The second kappa shape index (κ2) is 8.73. The van der Waals surface area contributed by atoms with E-state index in [2.05, 4.69) is 5.10 Å². The summed E-state index contributed by atoms with van der Waals surface area (Å²) in [6.07, 6.45) is -0.416. The SMILES string of the molecule is CC(OC(=O)CCC(=O)N1CCC(c2ccccc2)=N1)c1ccc(F)cc1F. The van der Waals surface area contributed by atoms with Gasteiger partial charge in [0.15, 0.2) is 0 Å². The molecule has 0 radical (unpaired) electrons. The molecule has 0 aromatic heterocycles. The summed E-state index contributed by atoms with van der Waals surface area (Å²) in [5.41, 5.74) is 1.88. The molecule has 1 aliphatic rings. The normalized spacial score (nSPS) is 14.5. The Morgan fingerprint density at radius 2 is 1.89 bits per heavy atom. The predicted molar refractivity (Wildman–Crippen MR) is 99.4 cm³/mol. The zero-order chi connectivity index (χ0) is 20.1. The van der Waals surface area contributed by atoms with E-state index in [1.54, 1.807) is 0 Å². The number of carbonyl (C=O) groups is 2. The largest absolute Gasteiger partial charge is 0.458 e. The Morgan fingerprint density at radius 1 is 1.14 bits per heavy atom. The number of ether oxygens (including phenoxy) is 1. The average molecular weight is 386 g/mol. The van der Waals surface area contributed by atoms with Gasteiger partial charge in [-0.2, -0.15) is 5.10 Å². The van der Waals surface area contributed by atoms with E-state index in [1.807, 2.05) is 30.3 Å². The summed E-state index contributed by atoms with van der Waals surface area (Å²) in [6.45, 7) is 1.96. The minimum absolute atomic E-state index is 0.0526. The zero-order valence-electron chi connectivity index (χ0n) is 15.4. The summed E-state index contributed by atoms with van der Waals surface area (Å²) in [6, 6.07) is 12.7. The molecule has 0 bridgehead atoms. The maximum Gasteiger partial charge on any atom is 0.306 e. The van der Waals surface area contributed by atoms with E-state index in [0.29, 0.717) is 13.0 Å². The standard InChI is InChI=1S/C21H20F2N2O3/c1-14(17-8-7-16(22)13-18(17)23)28-21(27)10-9-20(26)25-12-11-19(24-25)15-5-3-2-4-6-15/h2-8,13-14H,9-12H2,1H3. The number of hydrogen-bond acceptors (Lipinski definition) is 4. The van der Waals surface area contributed by atoms with Crippen molar-refractivity contribution < 1.29 is 23.1 Å². The zero-order valence-corrected chi connectivity index (χ0v) is 15.4. The lowest BCUT2D eigenvalue weighted by atomic mass is 10.1. The van der Waals surface area contributed by atoms with Crippen LogP contribution in [0.15, 0.2) is 53.6 Å². The van der Waals surface area contributed by atoms with Crippen LogP contribution in [-0.4, -0.2) is 29.1 Å². The van der Waals surface area contributed by atoms with Crippen LogP contribution in [0.1, 0.15) is 43.4 Å².